The number of hydrogen-bond donors (Lipinski definition) is 2. The van der Waals surface area contributed by atoms with Crippen LogP contribution in [-0.4, -0.2) is 11.1 Å². The lowest BCUT2D eigenvalue weighted by atomic mass is 9.99. The van der Waals surface area contributed by atoms with E-state index in [0.717, 1.165) is 16.3 Å². The Labute approximate surface area is 87.1 Å². The summed E-state index contributed by atoms with van der Waals surface area (Å²) < 4.78 is 0. The Balaban J connectivity index is 2.88. The maximum absolute atomic E-state index is 10.9. The molecule has 0 spiro atoms. The average molecular weight is 201 g/mol. The van der Waals surface area contributed by atoms with Crippen LogP contribution in [-0.2, 0) is 0 Å². The van der Waals surface area contributed by atoms with Crippen LogP contribution in [0.5, 0.6) is 0 Å². The highest BCUT2D eigenvalue weighted by atomic mass is 16.4. The summed E-state index contributed by atoms with van der Waals surface area (Å²) in [5.74, 6) is -0.985. The van der Waals surface area contributed by atoms with Gasteiger partial charge in [0.05, 0.1) is 5.56 Å². The zero-order valence-electron chi connectivity index (χ0n) is 8.32. The maximum Gasteiger partial charge on any atom is 0.337 e. The first kappa shape index (κ1) is 9.52. The molecule has 0 aliphatic rings. The van der Waals surface area contributed by atoms with Gasteiger partial charge in [-0.05, 0) is 29.3 Å². The summed E-state index contributed by atoms with van der Waals surface area (Å²) in [6.07, 6.45) is 0. The molecule has 0 saturated heterocycles. The summed E-state index contributed by atoms with van der Waals surface area (Å²) in [5, 5.41) is 10.9. The molecule has 15 heavy (non-hydrogen) atoms. The largest absolute Gasteiger partial charge is 0.478 e. The van der Waals surface area contributed by atoms with E-state index in [0.29, 0.717) is 5.69 Å². The molecule has 3 N–H and O–H groups in total. The highest BCUT2D eigenvalue weighted by molar-refractivity contribution is 6.02. The molecular weight excluding hydrogens is 190 g/mol. The number of nitrogens with two attached hydrogens (primary N) is 1. The zero-order chi connectivity index (χ0) is 11.0. The fourth-order valence-corrected chi connectivity index (χ4v) is 1.72. The summed E-state index contributed by atoms with van der Waals surface area (Å²) >= 11 is 0. The van der Waals surface area contributed by atoms with Crippen LogP contribution in [0.3, 0.4) is 0 Å². The van der Waals surface area contributed by atoms with Crippen LogP contribution in [0.2, 0.25) is 0 Å². The van der Waals surface area contributed by atoms with E-state index in [4.69, 9.17) is 10.8 Å². The zero-order valence-corrected chi connectivity index (χ0v) is 8.32. The minimum atomic E-state index is -0.985. The lowest BCUT2D eigenvalue weighted by molar-refractivity contribution is 0.0698. The first-order chi connectivity index (χ1) is 7.11. The monoisotopic (exact) mass is 201 g/mol. The SMILES string of the molecule is Cc1c(N)c(C(=O)O)cc2ccccc12. The molecule has 76 valence electrons. The number of nitrogen functional groups attached to an aromatic ring is 1. The molecular formula is C12H11NO2. The van der Waals surface area contributed by atoms with Crippen LogP contribution < -0.4 is 5.73 Å². The number of fused-ring (bicyclic) bond motifs is 1. The highest BCUT2D eigenvalue weighted by Crippen LogP contribution is 2.27. The van der Waals surface area contributed by atoms with Crippen molar-refractivity contribution in [1.29, 1.82) is 0 Å². The summed E-state index contributed by atoms with van der Waals surface area (Å²) in [5.41, 5.74) is 7.11. The lowest BCUT2D eigenvalue weighted by Gasteiger charge is -2.08. The standard InChI is InChI=1S/C12H11NO2/c1-7-9-5-3-2-4-8(9)6-10(11(7)13)12(14)15/h2-6H,13H2,1H3,(H,14,15). The van der Waals surface area contributed by atoms with E-state index < -0.39 is 5.97 Å². The van der Waals surface area contributed by atoms with Crippen LogP contribution in [0.15, 0.2) is 30.3 Å². The van der Waals surface area contributed by atoms with Crippen molar-refractivity contribution >= 4 is 22.4 Å². The first-order valence-electron chi connectivity index (χ1n) is 4.62. The number of aromatic carboxylic acids is 1. The molecule has 3 heteroatoms. The van der Waals surface area contributed by atoms with Crippen LogP contribution in [0, 0.1) is 6.92 Å². The Morgan fingerprint density at radius 1 is 1.33 bits per heavy atom. The predicted octanol–water partition coefficient (Wildman–Crippen LogP) is 2.43. The van der Waals surface area contributed by atoms with Crippen LogP contribution in [0.25, 0.3) is 10.8 Å². The highest BCUT2D eigenvalue weighted by Gasteiger charge is 2.12. The fourth-order valence-electron chi connectivity index (χ4n) is 1.72. The lowest BCUT2D eigenvalue weighted by Crippen LogP contribution is -2.04. The Morgan fingerprint density at radius 2 is 2.00 bits per heavy atom. The second kappa shape index (κ2) is 3.28. The van der Waals surface area contributed by atoms with Gasteiger partial charge < -0.3 is 10.8 Å². The molecule has 0 fully saturated rings. The summed E-state index contributed by atoms with van der Waals surface area (Å²) in [7, 11) is 0. The van der Waals surface area contributed by atoms with E-state index in [1.165, 1.54) is 0 Å². The fraction of sp³-hybridized carbons (Fsp3) is 0.0833. The molecule has 0 unspecified atom stereocenters. The third-order valence-electron chi connectivity index (χ3n) is 2.59. The van der Waals surface area contributed by atoms with Crippen LogP contribution in [0.1, 0.15) is 15.9 Å². The Hall–Kier alpha value is -2.03. The third-order valence-corrected chi connectivity index (χ3v) is 2.59. The van der Waals surface area contributed by atoms with Crippen LogP contribution >= 0.6 is 0 Å². The Morgan fingerprint density at radius 3 is 2.67 bits per heavy atom. The van der Waals surface area contributed by atoms with Crippen LogP contribution in [0.4, 0.5) is 5.69 Å². The van der Waals surface area contributed by atoms with E-state index in [9.17, 15) is 4.79 Å². The summed E-state index contributed by atoms with van der Waals surface area (Å²) in [6, 6.07) is 9.22. The molecule has 2 aromatic carbocycles. The summed E-state index contributed by atoms with van der Waals surface area (Å²) in [6.45, 7) is 1.84. The smallest absolute Gasteiger partial charge is 0.337 e. The van der Waals surface area contributed by atoms with Crippen molar-refractivity contribution in [3.8, 4) is 0 Å². The number of carboxylic acids is 1. The Kier molecular flexibility index (Phi) is 2.08. The topological polar surface area (TPSA) is 63.3 Å². The quantitative estimate of drug-likeness (QED) is 0.696. The molecule has 0 amide bonds. The number of benzene rings is 2. The van der Waals surface area contributed by atoms with Gasteiger partial charge in [0.1, 0.15) is 0 Å². The molecule has 0 heterocycles. The van der Waals surface area contributed by atoms with Gasteiger partial charge in [0.15, 0.2) is 0 Å². The second-order valence-corrected chi connectivity index (χ2v) is 3.49. The van der Waals surface area contributed by atoms with E-state index >= 15 is 0 Å². The van der Waals surface area contributed by atoms with Gasteiger partial charge >= 0.3 is 5.97 Å². The molecule has 3 nitrogen and oxygen atoms in total. The number of hydrogen-bond acceptors (Lipinski definition) is 2. The van der Waals surface area contributed by atoms with Crippen molar-refractivity contribution in [1.82, 2.24) is 0 Å². The maximum atomic E-state index is 10.9. The van der Waals surface area contributed by atoms with Gasteiger partial charge in [-0.3, -0.25) is 0 Å². The second-order valence-electron chi connectivity index (χ2n) is 3.49. The molecule has 0 bridgehead atoms. The minimum Gasteiger partial charge on any atom is -0.478 e. The molecule has 0 aromatic heterocycles. The van der Waals surface area contributed by atoms with E-state index in [1.54, 1.807) is 6.07 Å². The van der Waals surface area contributed by atoms with Gasteiger partial charge in [0.25, 0.3) is 0 Å². The van der Waals surface area contributed by atoms with Crippen molar-refractivity contribution in [2.75, 3.05) is 5.73 Å². The van der Waals surface area contributed by atoms with Gasteiger partial charge in [-0.15, -0.1) is 0 Å². The van der Waals surface area contributed by atoms with Crippen molar-refractivity contribution in [2.24, 2.45) is 0 Å². The predicted molar refractivity (Wildman–Crippen MR) is 60.1 cm³/mol. The third kappa shape index (κ3) is 1.42. The number of rotatable bonds is 1. The number of carbonyl (C=O) groups is 1. The van der Waals surface area contributed by atoms with Gasteiger partial charge in [0.2, 0.25) is 0 Å². The number of anilines is 1. The minimum absolute atomic E-state index is 0.172. The molecule has 2 rings (SSSR count). The molecule has 0 radical (unpaired) electrons. The average Bonchev–Trinajstić information content (AvgIpc) is 2.23. The number of carboxylic acid groups (broad SMARTS) is 1. The number of aryl methyl sites for hydroxylation is 1. The van der Waals surface area contributed by atoms with Crippen molar-refractivity contribution in [2.45, 2.75) is 6.92 Å². The molecule has 0 saturated carbocycles. The van der Waals surface area contributed by atoms with E-state index in [-0.39, 0.29) is 5.56 Å². The van der Waals surface area contributed by atoms with Crippen molar-refractivity contribution in [3.05, 3.63) is 41.5 Å². The van der Waals surface area contributed by atoms with Gasteiger partial charge in [-0.25, -0.2) is 4.79 Å². The van der Waals surface area contributed by atoms with Crippen molar-refractivity contribution < 1.29 is 9.90 Å². The van der Waals surface area contributed by atoms with Gasteiger partial charge in [-0.2, -0.15) is 0 Å². The molecule has 0 atom stereocenters. The molecule has 2 aromatic rings. The summed E-state index contributed by atoms with van der Waals surface area (Å²) in [4.78, 5) is 10.9. The first-order valence-corrected chi connectivity index (χ1v) is 4.62. The Bertz CT molecular complexity index is 547. The molecule has 0 aliphatic carbocycles. The van der Waals surface area contributed by atoms with E-state index in [1.807, 2.05) is 31.2 Å². The normalized spacial score (nSPS) is 10.5. The van der Waals surface area contributed by atoms with Gasteiger partial charge in [0, 0.05) is 5.69 Å². The van der Waals surface area contributed by atoms with Crippen molar-refractivity contribution in [3.63, 3.8) is 0 Å². The molecule has 0 aliphatic heterocycles. The van der Waals surface area contributed by atoms with E-state index in [2.05, 4.69) is 0 Å². The van der Waals surface area contributed by atoms with Gasteiger partial charge in [-0.1, -0.05) is 24.3 Å².